The Bertz CT molecular complexity index is 981. The Morgan fingerprint density at radius 1 is 1.19 bits per heavy atom. The molecule has 6 nitrogen and oxygen atoms in total. The largest absolute Gasteiger partial charge is 0.416 e. The van der Waals surface area contributed by atoms with Crippen molar-refractivity contribution in [2.75, 3.05) is 18.4 Å². The number of nitrogens with one attached hydrogen (secondary N) is 1. The molecule has 170 valence electrons. The molecule has 2 saturated heterocycles. The summed E-state index contributed by atoms with van der Waals surface area (Å²) in [5, 5.41) is 2.81. The Balaban J connectivity index is 1.37. The SMILES string of the molecule is C[C@@H]1CN(C(=O)c2ccc(C(F)(F)F)cc2)CC[C@@]12CCC(C(=O)Nc1cccnc1)O2. The second-order valence-corrected chi connectivity index (χ2v) is 8.42. The minimum absolute atomic E-state index is 0.0224. The molecule has 0 saturated carbocycles. The molecule has 3 heterocycles. The van der Waals surface area contributed by atoms with Crippen LogP contribution in [-0.2, 0) is 15.7 Å². The molecule has 1 N–H and O–H groups in total. The first-order valence-corrected chi connectivity index (χ1v) is 10.5. The summed E-state index contributed by atoms with van der Waals surface area (Å²) in [6, 6.07) is 7.76. The van der Waals surface area contributed by atoms with Crippen LogP contribution in [0.1, 0.15) is 42.1 Å². The third-order valence-corrected chi connectivity index (χ3v) is 6.37. The molecule has 2 amide bonds. The van der Waals surface area contributed by atoms with E-state index in [4.69, 9.17) is 4.74 Å². The minimum Gasteiger partial charge on any atom is -0.362 e. The van der Waals surface area contributed by atoms with Crippen molar-refractivity contribution in [2.45, 2.75) is 44.1 Å². The van der Waals surface area contributed by atoms with Gasteiger partial charge in [0.2, 0.25) is 0 Å². The van der Waals surface area contributed by atoms with E-state index < -0.39 is 23.4 Å². The first-order valence-electron chi connectivity index (χ1n) is 10.5. The summed E-state index contributed by atoms with van der Waals surface area (Å²) in [6.45, 7) is 2.81. The summed E-state index contributed by atoms with van der Waals surface area (Å²) in [5.74, 6) is -0.541. The zero-order valence-corrected chi connectivity index (χ0v) is 17.6. The molecule has 1 aromatic heterocycles. The van der Waals surface area contributed by atoms with E-state index in [1.54, 1.807) is 29.4 Å². The fourth-order valence-electron chi connectivity index (χ4n) is 4.49. The van der Waals surface area contributed by atoms with Crippen molar-refractivity contribution in [2.24, 2.45) is 5.92 Å². The van der Waals surface area contributed by atoms with Gasteiger partial charge in [0.05, 0.1) is 23.0 Å². The number of carbonyl (C=O) groups is 2. The van der Waals surface area contributed by atoms with Crippen LogP contribution < -0.4 is 5.32 Å². The van der Waals surface area contributed by atoms with E-state index in [0.717, 1.165) is 12.1 Å². The Morgan fingerprint density at radius 3 is 2.56 bits per heavy atom. The van der Waals surface area contributed by atoms with E-state index >= 15 is 0 Å². The molecule has 0 radical (unpaired) electrons. The molecule has 1 aromatic carbocycles. The van der Waals surface area contributed by atoms with Gasteiger partial charge in [-0.15, -0.1) is 0 Å². The summed E-state index contributed by atoms with van der Waals surface area (Å²) in [4.78, 5) is 31.0. The van der Waals surface area contributed by atoms with Crippen molar-refractivity contribution in [3.63, 3.8) is 0 Å². The molecular weight excluding hydrogens is 423 g/mol. The van der Waals surface area contributed by atoms with Gasteiger partial charge in [0.15, 0.2) is 0 Å². The summed E-state index contributed by atoms with van der Waals surface area (Å²) in [6.07, 6.45) is 0.0409. The Labute approximate surface area is 183 Å². The van der Waals surface area contributed by atoms with Gasteiger partial charge in [0.1, 0.15) is 6.10 Å². The molecule has 0 bridgehead atoms. The molecule has 2 aliphatic heterocycles. The van der Waals surface area contributed by atoms with Crippen LogP contribution in [-0.4, -0.2) is 46.5 Å². The summed E-state index contributed by atoms with van der Waals surface area (Å²) in [5.41, 5.74) is -0.447. The monoisotopic (exact) mass is 447 g/mol. The minimum atomic E-state index is -4.44. The summed E-state index contributed by atoms with van der Waals surface area (Å²) in [7, 11) is 0. The number of hydrogen-bond donors (Lipinski definition) is 1. The van der Waals surface area contributed by atoms with Crippen LogP contribution in [0.15, 0.2) is 48.8 Å². The fraction of sp³-hybridized carbons (Fsp3) is 0.435. The first-order chi connectivity index (χ1) is 15.2. The van der Waals surface area contributed by atoms with Crippen molar-refractivity contribution in [1.82, 2.24) is 9.88 Å². The topological polar surface area (TPSA) is 71.5 Å². The van der Waals surface area contributed by atoms with Crippen LogP contribution in [0.5, 0.6) is 0 Å². The van der Waals surface area contributed by atoms with Gasteiger partial charge in [-0.25, -0.2) is 0 Å². The standard InChI is InChI=1S/C23H24F3N3O3/c1-15-14-29(21(31)16-4-6-17(7-5-16)23(24,25)26)12-10-22(15)9-8-19(32-22)20(30)28-18-3-2-11-27-13-18/h2-7,11,13,15,19H,8-10,12,14H2,1H3,(H,28,30)/t15-,19?,22+/m1/s1. The summed E-state index contributed by atoms with van der Waals surface area (Å²) < 4.78 is 44.5. The van der Waals surface area contributed by atoms with E-state index in [2.05, 4.69) is 10.3 Å². The van der Waals surface area contributed by atoms with Gasteiger partial charge in [-0.1, -0.05) is 6.92 Å². The number of aromatic nitrogens is 1. The lowest BCUT2D eigenvalue weighted by atomic mass is 9.80. The number of carbonyl (C=O) groups excluding carboxylic acids is 2. The van der Waals surface area contributed by atoms with Crippen LogP contribution in [0.25, 0.3) is 0 Å². The summed E-state index contributed by atoms with van der Waals surface area (Å²) >= 11 is 0. The third-order valence-electron chi connectivity index (χ3n) is 6.37. The molecule has 4 rings (SSSR count). The molecule has 1 unspecified atom stereocenters. The average molecular weight is 447 g/mol. The number of likely N-dealkylation sites (tertiary alicyclic amines) is 1. The number of ether oxygens (including phenoxy) is 1. The number of rotatable bonds is 3. The molecule has 2 aromatic rings. The van der Waals surface area contributed by atoms with Gasteiger partial charge in [-0.05, 0) is 55.7 Å². The number of nitrogens with zero attached hydrogens (tertiary/aromatic N) is 2. The lowest BCUT2D eigenvalue weighted by Gasteiger charge is -2.44. The molecule has 1 spiro atoms. The Kier molecular flexibility index (Phi) is 5.94. The second-order valence-electron chi connectivity index (χ2n) is 8.42. The van der Waals surface area contributed by atoms with Gasteiger partial charge in [0.25, 0.3) is 11.8 Å². The van der Waals surface area contributed by atoms with E-state index in [9.17, 15) is 22.8 Å². The second kappa shape index (κ2) is 8.54. The maximum atomic E-state index is 12.8. The third kappa shape index (κ3) is 4.48. The first kappa shape index (κ1) is 22.3. The predicted octanol–water partition coefficient (Wildman–Crippen LogP) is 4.14. The lowest BCUT2D eigenvalue weighted by molar-refractivity contribution is -0.141. The predicted molar refractivity (Wildman–Crippen MR) is 111 cm³/mol. The van der Waals surface area contributed by atoms with Crippen molar-refractivity contribution < 1.29 is 27.5 Å². The molecule has 0 aliphatic carbocycles. The smallest absolute Gasteiger partial charge is 0.362 e. The highest BCUT2D eigenvalue weighted by Gasteiger charge is 2.49. The van der Waals surface area contributed by atoms with Crippen LogP contribution >= 0.6 is 0 Å². The quantitative estimate of drug-likeness (QED) is 0.768. The number of anilines is 1. The zero-order valence-electron chi connectivity index (χ0n) is 17.6. The molecule has 9 heteroatoms. The number of halogens is 3. The van der Waals surface area contributed by atoms with Crippen LogP contribution in [0, 0.1) is 5.92 Å². The van der Waals surface area contributed by atoms with Crippen LogP contribution in [0.3, 0.4) is 0 Å². The van der Waals surface area contributed by atoms with Gasteiger partial charge in [-0.2, -0.15) is 13.2 Å². The van der Waals surface area contributed by atoms with E-state index in [1.165, 1.54) is 12.1 Å². The number of hydrogen-bond acceptors (Lipinski definition) is 4. The molecule has 3 atom stereocenters. The van der Waals surface area contributed by atoms with E-state index in [1.807, 2.05) is 6.92 Å². The van der Waals surface area contributed by atoms with Crippen molar-refractivity contribution >= 4 is 17.5 Å². The number of piperidine rings is 1. The van der Waals surface area contributed by atoms with Crippen molar-refractivity contribution in [3.8, 4) is 0 Å². The highest BCUT2D eigenvalue weighted by atomic mass is 19.4. The van der Waals surface area contributed by atoms with Crippen LogP contribution in [0.2, 0.25) is 0 Å². The maximum absolute atomic E-state index is 12.8. The number of amides is 2. The normalized spacial score (nSPS) is 25.7. The number of pyridine rings is 1. The van der Waals surface area contributed by atoms with Crippen LogP contribution in [0.4, 0.5) is 18.9 Å². The van der Waals surface area contributed by atoms with Crippen molar-refractivity contribution in [1.29, 1.82) is 0 Å². The molecule has 2 fully saturated rings. The highest BCUT2D eigenvalue weighted by molar-refractivity contribution is 5.95. The Hall–Kier alpha value is -2.94. The van der Waals surface area contributed by atoms with Gasteiger partial charge in [0, 0.05) is 30.8 Å². The van der Waals surface area contributed by atoms with Crippen molar-refractivity contribution in [3.05, 3.63) is 59.9 Å². The van der Waals surface area contributed by atoms with Gasteiger partial charge in [-0.3, -0.25) is 14.6 Å². The molecule has 2 aliphatic rings. The van der Waals surface area contributed by atoms with E-state index in [-0.39, 0.29) is 23.3 Å². The number of benzene rings is 1. The van der Waals surface area contributed by atoms with Gasteiger partial charge >= 0.3 is 6.18 Å². The average Bonchev–Trinajstić information content (AvgIpc) is 3.21. The lowest BCUT2D eigenvalue weighted by Crippen LogP contribution is -2.52. The Morgan fingerprint density at radius 2 is 1.94 bits per heavy atom. The molecule has 32 heavy (non-hydrogen) atoms. The van der Waals surface area contributed by atoms with E-state index in [0.29, 0.717) is 38.0 Å². The fourth-order valence-corrected chi connectivity index (χ4v) is 4.49. The molecular formula is C23H24F3N3O3. The highest BCUT2D eigenvalue weighted by Crippen LogP contribution is 2.43. The zero-order chi connectivity index (χ0) is 22.9. The maximum Gasteiger partial charge on any atom is 0.416 e. The van der Waals surface area contributed by atoms with Gasteiger partial charge < -0.3 is 15.0 Å². The number of alkyl halides is 3.